The second-order valence-corrected chi connectivity index (χ2v) is 5.86. The molecule has 24 heavy (non-hydrogen) atoms. The number of aliphatic hydroxyl groups is 1. The zero-order valence-corrected chi connectivity index (χ0v) is 12.9. The monoisotopic (exact) mass is 357 g/mol. The van der Waals surface area contributed by atoms with Crippen LogP contribution in [0.25, 0.3) is 10.1 Å². The molecule has 6 nitrogen and oxygen atoms in total. The molecule has 0 aliphatic carbocycles. The standard InChI is InChI=1S/C14H10F3N3O3S/c1-19-11(14(15,16)17)5-12(22)20(13(19)23)7-2-3-10-8(4-7)9(6-21)18-24-10/h2-6,13,23H,1H3. The molecule has 1 amide bonds. The second-order valence-electron chi connectivity index (χ2n) is 5.06. The molecule has 10 heteroatoms. The zero-order chi connectivity index (χ0) is 17.6. The zero-order valence-electron chi connectivity index (χ0n) is 12.1. The van der Waals surface area contributed by atoms with Gasteiger partial charge in [0.2, 0.25) is 6.35 Å². The van der Waals surface area contributed by atoms with Crippen LogP contribution in [0.2, 0.25) is 0 Å². The molecule has 2 aromatic rings. The van der Waals surface area contributed by atoms with Crippen molar-refractivity contribution in [2.75, 3.05) is 11.9 Å². The molecular formula is C14H10F3N3O3S. The van der Waals surface area contributed by atoms with E-state index < -0.39 is 24.1 Å². The molecule has 0 fully saturated rings. The van der Waals surface area contributed by atoms with Gasteiger partial charge in [-0.3, -0.25) is 14.5 Å². The highest BCUT2D eigenvalue weighted by atomic mass is 32.1. The number of alkyl halides is 3. The van der Waals surface area contributed by atoms with Crippen LogP contribution in [-0.4, -0.2) is 46.1 Å². The number of carbonyl (C=O) groups excluding carboxylic acids is 2. The average Bonchev–Trinajstić information content (AvgIpc) is 2.92. The van der Waals surface area contributed by atoms with E-state index in [-0.39, 0.29) is 11.4 Å². The van der Waals surface area contributed by atoms with Crippen molar-refractivity contribution >= 4 is 39.5 Å². The molecule has 2 heterocycles. The fraction of sp³-hybridized carbons (Fsp3) is 0.214. The van der Waals surface area contributed by atoms with E-state index in [2.05, 4.69) is 4.37 Å². The van der Waals surface area contributed by atoms with Crippen LogP contribution in [0.3, 0.4) is 0 Å². The van der Waals surface area contributed by atoms with Gasteiger partial charge in [0.15, 0.2) is 6.29 Å². The van der Waals surface area contributed by atoms with Gasteiger partial charge in [0.05, 0.1) is 4.70 Å². The van der Waals surface area contributed by atoms with Crippen LogP contribution in [0.15, 0.2) is 30.0 Å². The third-order valence-corrected chi connectivity index (χ3v) is 4.46. The number of rotatable bonds is 2. The predicted molar refractivity (Wildman–Crippen MR) is 80.4 cm³/mol. The van der Waals surface area contributed by atoms with Crippen LogP contribution < -0.4 is 4.90 Å². The molecule has 0 saturated carbocycles. The summed E-state index contributed by atoms with van der Waals surface area (Å²) in [5, 5.41) is 10.6. The number of allylic oxidation sites excluding steroid dienone is 1. The highest BCUT2D eigenvalue weighted by Crippen LogP contribution is 2.35. The molecule has 0 bridgehead atoms. The lowest BCUT2D eigenvalue weighted by molar-refractivity contribution is -0.138. The summed E-state index contributed by atoms with van der Waals surface area (Å²) in [5.41, 5.74) is -0.911. The Bertz CT molecular complexity index is 862. The molecule has 1 atom stereocenters. The lowest BCUT2D eigenvalue weighted by Crippen LogP contribution is -2.54. The average molecular weight is 357 g/mol. The molecule has 1 unspecified atom stereocenters. The Hall–Kier alpha value is -2.46. The maximum absolute atomic E-state index is 12.9. The van der Waals surface area contributed by atoms with Crippen molar-refractivity contribution in [3.8, 4) is 0 Å². The van der Waals surface area contributed by atoms with Crippen LogP contribution in [0.5, 0.6) is 0 Å². The summed E-state index contributed by atoms with van der Waals surface area (Å²) in [7, 11) is 1.03. The minimum Gasteiger partial charge on any atom is -0.356 e. The van der Waals surface area contributed by atoms with Crippen molar-refractivity contribution in [3.63, 3.8) is 0 Å². The first-order chi connectivity index (χ1) is 11.2. The Labute approximate surface area is 137 Å². The molecule has 126 valence electrons. The number of hydrogen-bond donors (Lipinski definition) is 1. The van der Waals surface area contributed by atoms with E-state index in [0.29, 0.717) is 27.3 Å². The molecular weight excluding hydrogens is 347 g/mol. The first kappa shape index (κ1) is 16.4. The van der Waals surface area contributed by atoms with Crippen molar-refractivity contribution in [1.29, 1.82) is 0 Å². The number of halogens is 3. The van der Waals surface area contributed by atoms with Gasteiger partial charge in [0, 0.05) is 24.2 Å². The highest BCUT2D eigenvalue weighted by Gasteiger charge is 2.44. The largest absolute Gasteiger partial charge is 0.431 e. The number of amides is 1. The maximum atomic E-state index is 12.9. The quantitative estimate of drug-likeness (QED) is 0.834. The third-order valence-electron chi connectivity index (χ3n) is 3.62. The van der Waals surface area contributed by atoms with Crippen LogP contribution in [0, 0.1) is 0 Å². The fourth-order valence-electron chi connectivity index (χ4n) is 2.42. The van der Waals surface area contributed by atoms with Crippen LogP contribution >= 0.6 is 11.5 Å². The van der Waals surface area contributed by atoms with Crippen LogP contribution in [0.4, 0.5) is 18.9 Å². The number of aromatic nitrogens is 1. The number of fused-ring (bicyclic) bond motifs is 1. The van der Waals surface area contributed by atoms with Crippen LogP contribution in [-0.2, 0) is 4.79 Å². The van der Waals surface area contributed by atoms with Crippen molar-refractivity contribution in [3.05, 3.63) is 35.7 Å². The Balaban J connectivity index is 2.08. The summed E-state index contributed by atoms with van der Waals surface area (Å²) in [4.78, 5) is 24.5. The third kappa shape index (κ3) is 2.53. The SMILES string of the molecule is CN1C(C(F)(F)F)=CC(=O)N(c2ccc3snc(C=O)c3c2)C1O. The molecule has 0 radical (unpaired) electrons. The molecule has 0 spiro atoms. The van der Waals surface area contributed by atoms with E-state index in [1.807, 2.05) is 0 Å². The summed E-state index contributed by atoms with van der Waals surface area (Å²) in [6.07, 6.45) is -5.62. The number of nitrogens with zero attached hydrogens (tertiary/aromatic N) is 3. The minimum absolute atomic E-state index is 0.160. The van der Waals surface area contributed by atoms with Crippen molar-refractivity contribution in [1.82, 2.24) is 9.27 Å². The Morgan fingerprint density at radius 1 is 1.38 bits per heavy atom. The van der Waals surface area contributed by atoms with Gasteiger partial charge in [0.25, 0.3) is 5.91 Å². The predicted octanol–water partition coefficient (Wildman–Crippen LogP) is 2.11. The molecule has 1 aromatic heterocycles. The van der Waals surface area contributed by atoms with E-state index >= 15 is 0 Å². The van der Waals surface area contributed by atoms with E-state index in [1.165, 1.54) is 12.1 Å². The molecule has 1 aliphatic heterocycles. The van der Waals surface area contributed by atoms with E-state index in [1.54, 1.807) is 6.07 Å². The van der Waals surface area contributed by atoms with Crippen molar-refractivity contribution < 1.29 is 27.9 Å². The van der Waals surface area contributed by atoms with E-state index in [0.717, 1.165) is 23.5 Å². The maximum Gasteiger partial charge on any atom is 0.431 e. The Kier molecular flexibility index (Phi) is 3.80. The fourth-order valence-corrected chi connectivity index (χ4v) is 3.15. The molecule has 1 N–H and O–H groups in total. The summed E-state index contributed by atoms with van der Waals surface area (Å²) >= 11 is 1.08. The highest BCUT2D eigenvalue weighted by molar-refractivity contribution is 7.13. The number of carbonyl (C=O) groups is 2. The molecule has 1 aliphatic rings. The van der Waals surface area contributed by atoms with Gasteiger partial charge >= 0.3 is 6.18 Å². The first-order valence-corrected chi connectivity index (χ1v) is 7.39. The topological polar surface area (TPSA) is 73.7 Å². The Morgan fingerprint density at radius 3 is 2.71 bits per heavy atom. The number of aliphatic hydroxyl groups excluding tert-OH is 1. The molecule has 0 saturated heterocycles. The summed E-state index contributed by atoms with van der Waals surface area (Å²) in [6, 6.07) is 4.48. The number of anilines is 1. The Morgan fingerprint density at radius 2 is 2.08 bits per heavy atom. The number of benzene rings is 1. The van der Waals surface area contributed by atoms with Crippen molar-refractivity contribution in [2.45, 2.75) is 12.5 Å². The van der Waals surface area contributed by atoms with Crippen LogP contribution in [0.1, 0.15) is 10.5 Å². The lowest BCUT2D eigenvalue weighted by atomic mass is 10.1. The van der Waals surface area contributed by atoms with E-state index in [9.17, 15) is 27.9 Å². The lowest BCUT2D eigenvalue weighted by Gasteiger charge is -2.39. The van der Waals surface area contributed by atoms with Gasteiger partial charge in [-0.1, -0.05) is 0 Å². The van der Waals surface area contributed by atoms with Gasteiger partial charge in [-0.25, -0.2) is 0 Å². The first-order valence-electron chi connectivity index (χ1n) is 6.61. The van der Waals surface area contributed by atoms with Gasteiger partial charge in [0.1, 0.15) is 11.4 Å². The normalized spacial score (nSPS) is 19.0. The molecule has 3 rings (SSSR count). The number of aldehydes is 1. The molecule has 1 aromatic carbocycles. The summed E-state index contributed by atoms with van der Waals surface area (Å²) in [5.74, 6) is -1.01. The summed E-state index contributed by atoms with van der Waals surface area (Å²) < 4.78 is 43.3. The van der Waals surface area contributed by atoms with Gasteiger partial charge in [-0.15, -0.1) is 0 Å². The smallest absolute Gasteiger partial charge is 0.356 e. The number of hydrogen-bond acceptors (Lipinski definition) is 6. The second kappa shape index (κ2) is 5.56. The van der Waals surface area contributed by atoms with Crippen molar-refractivity contribution in [2.24, 2.45) is 0 Å². The summed E-state index contributed by atoms with van der Waals surface area (Å²) in [6.45, 7) is 0. The minimum atomic E-state index is -4.76. The van der Waals surface area contributed by atoms with Gasteiger partial charge in [-0.2, -0.15) is 17.5 Å². The van der Waals surface area contributed by atoms with E-state index in [4.69, 9.17) is 0 Å². The van der Waals surface area contributed by atoms with Gasteiger partial charge < -0.3 is 10.0 Å². The van der Waals surface area contributed by atoms with Gasteiger partial charge in [-0.05, 0) is 29.7 Å².